The molecule has 5 nitrogen and oxygen atoms in total. The zero-order valence-electron chi connectivity index (χ0n) is 14.0. The van der Waals surface area contributed by atoms with Gasteiger partial charge < -0.3 is 20.0 Å². The topological polar surface area (TPSA) is 71.9 Å². The monoisotopic (exact) mass is 330 g/mol. The van der Waals surface area contributed by atoms with Crippen LogP contribution in [0.1, 0.15) is 25.0 Å². The van der Waals surface area contributed by atoms with E-state index in [9.17, 15) is 5.11 Å². The van der Waals surface area contributed by atoms with Crippen LogP contribution >= 0.6 is 0 Å². The molecule has 24 heavy (non-hydrogen) atoms. The van der Waals surface area contributed by atoms with E-state index in [1.54, 1.807) is 0 Å². The van der Waals surface area contributed by atoms with E-state index in [-0.39, 0.29) is 17.6 Å². The number of benzene rings is 1. The Hall–Kier alpha value is -1.40. The van der Waals surface area contributed by atoms with E-state index in [1.165, 1.54) is 0 Å². The fourth-order valence-corrected chi connectivity index (χ4v) is 4.29. The molecule has 0 radical (unpaired) electrons. The smallest absolute Gasteiger partial charge is 0.134 e. The number of ether oxygens (including phenoxy) is 1. The van der Waals surface area contributed by atoms with Crippen molar-refractivity contribution in [3.8, 4) is 0 Å². The van der Waals surface area contributed by atoms with Gasteiger partial charge in [-0.15, -0.1) is 0 Å². The van der Waals surface area contributed by atoms with Crippen LogP contribution in [0.5, 0.6) is 0 Å². The Morgan fingerprint density at radius 3 is 2.79 bits per heavy atom. The number of rotatable bonds is 5. The van der Waals surface area contributed by atoms with Gasteiger partial charge in [0.25, 0.3) is 0 Å². The van der Waals surface area contributed by atoms with Gasteiger partial charge in [-0.25, -0.2) is 0 Å². The average Bonchev–Trinajstić information content (AvgIpc) is 3.01. The van der Waals surface area contributed by atoms with E-state index in [0.717, 1.165) is 55.6 Å². The Morgan fingerprint density at radius 2 is 2.08 bits per heavy atom. The highest BCUT2D eigenvalue weighted by atomic mass is 16.5. The van der Waals surface area contributed by atoms with Crippen molar-refractivity contribution in [2.24, 2.45) is 11.1 Å². The summed E-state index contributed by atoms with van der Waals surface area (Å²) in [5.74, 6) is 1.01. The van der Waals surface area contributed by atoms with Crippen molar-refractivity contribution in [3.63, 3.8) is 0 Å². The summed E-state index contributed by atoms with van der Waals surface area (Å²) in [6.07, 6.45) is 2.65. The summed E-state index contributed by atoms with van der Waals surface area (Å²) in [5.41, 5.74) is 6.44. The summed E-state index contributed by atoms with van der Waals surface area (Å²) in [6, 6.07) is 10.3. The van der Waals surface area contributed by atoms with Gasteiger partial charge in [-0.05, 0) is 38.1 Å². The molecule has 0 bridgehead atoms. The second-order valence-electron chi connectivity index (χ2n) is 7.16. The van der Waals surface area contributed by atoms with Gasteiger partial charge in [0.2, 0.25) is 0 Å². The second kappa shape index (κ2) is 6.48. The van der Waals surface area contributed by atoms with Gasteiger partial charge in [0.05, 0.1) is 25.4 Å². The van der Waals surface area contributed by atoms with Crippen molar-refractivity contribution in [3.05, 3.63) is 36.1 Å². The normalized spacial score (nSPS) is 26.8. The van der Waals surface area contributed by atoms with E-state index in [4.69, 9.17) is 14.9 Å². The lowest BCUT2D eigenvalue weighted by Crippen LogP contribution is -2.62. The van der Waals surface area contributed by atoms with E-state index in [2.05, 4.69) is 17.0 Å². The fraction of sp³-hybridized carbons (Fsp3) is 0.579. The molecule has 1 aromatic heterocycles. The number of aliphatic hydroxyl groups excluding tert-OH is 1. The first kappa shape index (κ1) is 16.1. The zero-order chi connectivity index (χ0) is 16.6. The molecule has 0 amide bonds. The molecular weight excluding hydrogens is 304 g/mol. The zero-order valence-corrected chi connectivity index (χ0v) is 14.0. The van der Waals surface area contributed by atoms with Crippen molar-refractivity contribution in [2.45, 2.75) is 38.0 Å². The molecule has 2 heterocycles. The quantitative estimate of drug-likeness (QED) is 0.879. The molecule has 3 N–H and O–H groups in total. The third-order valence-corrected chi connectivity index (χ3v) is 5.82. The summed E-state index contributed by atoms with van der Waals surface area (Å²) in [5, 5.41) is 11.5. The van der Waals surface area contributed by atoms with Crippen LogP contribution in [0.25, 0.3) is 11.0 Å². The van der Waals surface area contributed by atoms with Gasteiger partial charge in [0.1, 0.15) is 11.3 Å². The molecule has 0 unspecified atom stereocenters. The maximum Gasteiger partial charge on any atom is 0.134 e. The molecule has 1 spiro atoms. The second-order valence-corrected chi connectivity index (χ2v) is 7.16. The number of para-hydroxylation sites is 1. The van der Waals surface area contributed by atoms with Crippen LogP contribution in [0.4, 0.5) is 0 Å². The Balaban J connectivity index is 1.37. The lowest BCUT2D eigenvalue weighted by Gasteiger charge is -2.56. The standard InChI is InChI=1S/C19H26N2O3/c20-7-10-23-18-12-17(22)19(18)5-8-21(9-6-19)13-15-11-14-3-1-2-4-16(14)24-15/h1-4,11,17-18,22H,5-10,12-13,20H2/t17-,18+/m1/s1. The van der Waals surface area contributed by atoms with Crippen LogP contribution in [0.3, 0.4) is 0 Å². The van der Waals surface area contributed by atoms with E-state index in [0.29, 0.717) is 13.2 Å². The van der Waals surface area contributed by atoms with Crippen molar-refractivity contribution in [1.29, 1.82) is 0 Å². The maximum atomic E-state index is 10.3. The third-order valence-electron chi connectivity index (χ3n) is 5.82. The van der Waals surface area contributed by atoms with Gasteiger partial charge in [-0.2, -0.15) is 0 Å². The minimum Gasteiger partial charge on any atom is -0.460 e. The molecule has 1 aliphatic heterocycles. The molecule has 5 heteroatoms. The molecule has 1 saturated heterocycles. The lowest BCUT2D eigenvalue weighted by molar-refractivity contribution is -0.210. The Kier molecular flexibility index (Phi) is 4.35. The average molecular weight is 330 g/mol. The van der Waals surface area contributed by atoms with Crippen molar-refractivity contribution < 1.29 is 14.3 Å². The van der Waals surface area contributed by atoms with Gasteiger partial charge in [0.15, 0.2) is 0 Å². The molecule has 2 atom stereocenters. The van der Waals surface area contributed by atoms with E-state index in [1.807, 2.05) is 18.2 Å². The number of hydrogen-bond donors (Lipinski definition) is 2. The third kappa shape index (κ3) is 2.75. The molecule has 1 saturated carbocycles. The van der Waals surface area contributed by atoms with Crippen LogP contribution in [-0.2, 0) is 11.3 Å². The number of hydrogen-bond acceptors (Lipinski definition) is 5. The molecule has 1 aliphatic carbocycles. The van der Waals surface area contributed by atoms with Gasteiger partial charge in [-0.3, -0.25) is 4.90 Å². The van der Waals surface area contributed by atoms with E-state index < -0.39 is 0 Å². The summed E-state index contributed by atoms with van der Waals surface area (Å²) in [7, 11) is 0. The van der Waals surface area contributed by atoms with Crippen LogP contribution in [0.2, 0.25) is 0 Å². The van der Waals surface area contributed by atoms with E-state index >= 15 is 0 Å². The molecule has 2 fully saturated rings. The minimum atomic E-state index is -0.228. The highest BCUT2D eigenvalue weighted by Crippen LogP contribution is 2.51. The first-order chi connectivity index (χ1) is 11.7. The van der Waals surface area contributed by atoms with Crippen molar-refractivity contribution >= 4 is 11.0 Å². The Labute approximate surface area is 142 Å². The number of furan rings is 1. The number of nitrogens with zero attached hydrogens (tertiary/aromatic N) is 1. The Morgan fingerprint density at radius 1 is 1.29 bits per heavy atom. The molecule has 2 aliphatic rings. The van der Waals surface area contributed by atoms with Gasteiger partial charge >= 0.3 is 0 Å². The molecule has 130 valence electrons. The van der Waals surface area contributed by atoms with Crippen LogP contribution in [0.15, 0.2) is 34.7 Å². The fourth-order valence-electron chi connectivity index (χ4n) is 4.29. The molecule has 1 aromatic carbocycles. The first-order valence-electron chi connectivity index (χ1n) is 8.91. The maximum absolute atomic E-state index is 10.3. The number of piperidine rings is 1. The summed E-state index contributed by atoms with van der Waals surface area (Å²) >= 11 is 0. The highest BCUT2D eigenvalue weighted by molar-refractivity contribution is 5.77. The SMILES string of the molecule is NCCO[C@H]1C[C@@H](O)C12CCN(Cc1cc3ccccc3o1)CC2. The summed E-state index contributed by atoms with van der Waals surface area (Å²) < 4.78 is 11.8. The summed E-state index contributed by atoms with van der Waals surface area (Å²) in [6.45, 7) is 3.89. The van der Waals surface area contributed by atoms with Gasteiger partial charge in [0, 0.05) is 23.8 Å². The lowest BCUT2D eigenvalue weighted by atomic mass is 9.58. The molecule has 4 rings (SSSR count). The predicted molar refractivity (Wildman–Crippen MR) is 92.6 cm³/mol. The largest absolute Gasteiger partial charge is 0.460 e. The molecular formula is C19H26N2O3. The minimum absolute atomic E-state index is 0.0560. The number of likely N-dealkylation sites (tertiary alicyclic amines) is 1. The summed E-state index contributed by atoms with van der Waals surface area (Å²) in [4.78, 5) is 2.41. The number of nitrogens with two attached hydrogens (primary N) is 1. The highest BCUT2D eigenvalue weighted by Gasteiger charge is 2.56. The first-order valence-corrected chi connectivity index (χ1v) is 8.91. The molecule has 2 aromatic rings. The van der Waals surface area contributed by atoms with Crippen LogP contribution < -0.4 is 5.73 Å². The number of fused-ring (bicyclic) bond motifs is 1. The van der Waals surface area contributed by atoms with Crippen LogP contribution in [-0.4, -0.2) is 48.5 Å². The van der Waals surface area contributed by atoms with Crippen molar-refractivity contribution in [1.82, 2.24) is 4.90 Å². The van der Waals surface area contributed by atoms with Crippen molar-refractivity contribution in [2.75, 3.05) is 26.2 Å². The van der Waals surface area contributed by atoms with Crippen LogP contribution in [0, 0.1) is 5.41 Å². The number of aliphatic hydroxyl groups is 1. The predicted octanol–water partition coefficient (Wildman–Crippen LogP) is 2.12. The van der Waals surface area contributed by atoms with Gasteiger partial charge in [-0.1, -0.05) is 18.2 Å². The Bertz CT molecular complexity index is 658.